The Morgan fingerprint density at radius 1 is 1.15 bits per heavy atom. The van der Waals surface area contributed by atoms with Crippen LogP contribution in [0.4, 0.5) is 0 Å². The van der Waals surface area contributed by atoms with Crippen molar-refractivity contribution in [3.63, 3.8) is 0 Å². The summed E-state index contributed by atoms with van der Waals surface area (Å²) in [6, 6.07) is 15.9. The highest BCUT2D eigenvalue weighted by atomic mass is 79.9. The lowest BCUT2D eigenvalue weighted by molar-refractivity contribution is 0.213. The topological polar surface area (TPSA) is 30.8 Å². The van der Waals surface area contributed by atoms with Crippen LogP contribution >= 0.6 is 15.9 Å². The van der Waals surface area contributed by atoms with Crippen molar-refractivity contribution < 1.29 is 9.57 Å². The Balaban J connectivity index is 2.13. The summed E-state index contributed by atoms with van der Waals surface area (Å²) in [5.41, 5.74) is 2.89. The predicted octanol–water partition coefficient (Wildman–Crippen LogP) is 4.40. The minimum atomic E-state index is 0.544. The van der Waals surface area contributed by atoms with Crippen molar-refractivity contribution in [2.24, 2.45) is 5.16 Å². The molecule has 0 aliphatic carbocycles. The lowest BCUT2D eigenvalue weighted by Gasteiger charge is -2.09. The fourth-order valence-electron chi connectivity index (χ4n) is 1.80. The van der Waals surface area contributed by atoms with Gasteiger partial charge in [-0.15, -0.1) is 0 Å². The molecule has 2 rings (SSSR count). The van der Waals surface area contributed by atoms with Gasteiger partial charge in [-0.25, -0.2) is 0 Å². The number of nitrogens with zero attached hydrogens (tertiary/aromatic N) is 1. The summed E-state index contributed by atoms with van der Waals surface area (Å²) in [5, 5.41) is 3.95. The monoisotopic (exact) mass is 333 g/mol. The Bertz CT molecular complexity index is 597. The third kappa shape index (κ3) is 3.84. The van der Waals surface area contributed by atoms with Crippen LogP contribution in [0.15, 0.2) is 58.2 Å². The maximum Gasteiger partial charge on any atom is 0.120 e. The molecule has 0 amide bonds. The number of hydrogen-bond donors (Lipinski definition) is 0. The molecule has 0 saturated carbocycles. The average Bonchev–Trinajstić information content (AvgIpc) is 2.47. The van der Waals surface area contributed by atoms with E-state index < -0.39 is 0 Å². The van der Waals surface area contributed by atoms with E-state index in [0.29, 0.717) is 6.61 Å². The van der Waals surface area contributed by atoms with Crippen LogP contribution in [0.5, 0.6) is 5.75 Å². The molecule has 20 heavy (non-hydrogen) atoms. The molecule has 104 valence electrons. The molecule has 0 bridgehead atoms. The van der Waals surface area contributed by atoms with E-state index in [-0.39, 0.29) is 0 Å². The largest absolute Gasteiger partial charge is 0.489 e. The molecule has 4 heteroatoms. The first-order valence-electron chi connectivity index (χ1n) is 6.25. The molecule has 2 aromatic carbocycles. The first-order chi connectivity index (χ1) is 9.70. The molecule has 0 radical (unpaired) electrons. The highest BCUT2D eigenvalue weighted by molar-refractivity contribution is 9.10. The molecule has 0 heterocycles. The van der Waals surface area contributed by atoms with Crippen LogP contribution in [0.1, 0.15) is 18.1 Å². The second kappa shape index (κ2) is 7.10. The zero-order valence-corrected chi connectivity index (χ0v) is 13.1. The van der Waals surface area contributed by atoms with E-state index in [9.17, 15) is 0 Å². The molecule has 0 saturated heterocycles. The van der Waals surface area contributed by atoms with E-state index in [1.807, 2.05) is 55.5 Å². The van der Waals surface area contributed by atoms with Crippen molar-refractivity contribution in [1.29, 1.82) is 0 Å². The zero-order chi connectivity index (χ0) is 14.4. The zero-order valence-electron chi connectivity index (χ0n) is 11.5. The second-order valence-electron chi connectivity index (χ2n) is 4.28. The Morgan fingerprint density at radius 2 is 1.90 bits per heavy atom. The number of ether oxygens (including phenoxy) is 1. The highest BCUT2D eigenvalue weighted by Gasteiger charge is 2.06. The Labute approximate surface area is 127 Å². The number of rotatable bonds is 5. The van der Waals surface area contributed by atoms with E-state index in [1.165, 1.54) is 7.11 Å². The number of halogens is 1. The van der Waals surface area contributed by atoms with E-state index >= 15 is 0 Å². The van der Waals surface area contributed by atoms with E-state index in [0.717, 1.165) is 27.1 Å². The summed E-state index contributed by atoms with van der Waals surface area (Å²) in [7, 11) is 1.53. The van der Waals surface area contributed by atoms with Gasteiger partial charge in [-0.3, -0.25) is 0 Å². The second-order valence-corrected chi connectivity index (χ2v) is 5.13. The lowest BCUT2D eigenvalue weighted by Crippen LogP contribution is -2.00. The molecular formula is C16H16BrNO2. The summed E-state index contributed by atoms with van der Waals surface area (Å²) >= 11 is 3.51. The van der Waals surface area contributed by atoms with Crippen LogP contribution < -0.4 is 4.74 Å². The van der Waals surface area contributed by atoms with Gasteiger partial charge in [-0.2, -0.15) is 0 Å². The Morgan fingerprint density at radius 3 is 2.60 bits per heavy atom. The molecular weight excluding hydrogens is 318 g/mol. The molecule has 3 nitrogen and oxygen atoms in total. The van der Waals surface area contributed by atoms with Gasteiger partial charge in [0.15, 0.2) is 0 Å². The third-order valence-corrected chi connectivity index (χ3v) is 3.50. The van der Waals surface area contributed by atoms with Gasteiger partial charge >= 0.3 is 0 Å². The van der Waals surface area contributed by atoms with Crippen LogP contribution in [-0.2, 0) is 11.4 Å². The van der Waals surface area contributed by atoms with Crippen molar-refractivity contribution in [3.8, 4) is 5.75 Å². The van der Waals surface area contributed by atoms with Crippen molar-refractivity contribution in [2.45, 2.75) is 13.5 Å². The van der Waals surface area contributed by atoms with Crippen LogP contribution in [0.3, 0.4) is 0 Å². The predicted molar refractivity (Wildman–Crippen MR) is 84.1 cm³/mol. The van der Waals surface area contributed by atoms with Gasteiger partial charge in [0, 0.05) is 10.0 Å². The van der Waals surface area contributed by atoms with Gasteiger partial charge in [0.05, 0.1) is 5.71 Å². The van der Waals surface area contributed by atoms with Gasteiger partial charge in [0.2, 0.25) is 0 Å². The lowest BCUT2D eigenvalue weighted by atomic mass is 10.1. The maximum atomic E-state index is 5.80. The van der Waals surface area contributed by atoms with Crippen LogP contribution in [0.25, 0.3) is 0 Å². The van der Waals surface area contributed by atoms with E-state index in [2.05, 4.69) is 21.1 Å². The van der Waals surface area contributed by atoms with E-state index in [1.54, 1.807) is 0 Å². The van der Waals surface area contributed by atoms with Gasteiger partial charge in [0.1, 0.15) is 19.5 Å². The van der Waals surface area contributed by atoms with Crippen molar-refractivity contribution in [1.82, 2.24) is 0 Å². The van der Waals surface area contributed by atoms with Crippen molar-refractivity contribution in [2.75, 3.05) is 7.11 Å². The normalized spacial score (nSPS) is 11.2. The summed E-state index contributed by atoms with van der Waals surface area (Å²) in [6.45, 7) is 2.44. The molecule has 0 unspecified atom stereocenters. The van der Waals surface area contributed by atoms with Crippen molar-refractivity contribution in [3.05, 3.63) is 64.1 Å². The van der Waals surface area contributed by atoms with Gasteiger partial charge in [-0.05, 0) is 30.7 Å². The maximum absolute atomic E-state index is 5.80. The van der Waals surface area contributed by atoms with Crippen LogP contribution in [0.2, 0.25) is 0 Å². The minimum absolute atomic E-state index is 0.544. The number of benzene rings is 2. The summed E-state index contributed by atoms with van der Waals surface area (Å²) in [6.07, 6.45) is 0. The van der Waals surface area contributed by atoms with Crippen molar-refractivity contribution >= 4 is 21.6 Å². The Kier molecular flexibility index (Phi) is 5.18. The molecule has 0 fully saturated rings. The summed E-state index contributed by atoms with van der Waals surface area (Å²) < 4.78 is 6.76. The van der Waals surface area contributed by atoms with Crippen LogP contribution in [0, 0.1) is 0 Å². The smallest absolute Gasteiger partial charge is 0.120 e. The minimum Gasteiger partial charge on any atom is -0.489 e. The third-order valence-electron chi connectivity index (χ3n) is 2.80. The molecule has 0 spiro atoms. The average molecular weight is 334 g/mol. The quantitative estimate of drug-likeness (QED) is 0.599. The van der Waals surface area contributed by atoms with E-state index in [4.69, 9.17) is 9.57 Å². The fraction of sp³-hybridized carbons (Fsp3) is 0.188. The Hall–Kier alpha value is -1.81. The first-order valence-corrected chi connectivity index (χ1v) is 7.04. The first kappa shape index (κ1) is 14.6. The molecule has 0 aromatic heterocycles. The van der Waals surface area contributed by atoms with Gasteiger partial charge in [0.25, 0.3) is 0 Å². The summed E-state index contributed by atoms with van der Waals surface area (Å²) in [4.78, 5) is 4.81. The van der Waals surface area contributed by atoms with Gasteiger partial charge in [-0.1, -0.05) is 51.4 Å². The number of oxime groups is 1. The molecule has 2 aromatic rings. The molecule has 0 aliphatic heterocycles. The van der Waals surface area contributed by atoms with Crippen LogP contribution in [-0.4, -0.2) is 12.8 Å². The summed E-state index contributed by atoms with van der Waals surface area (Å²) in [5.74, 6) is 0.803. The molecule has 0 aliphatic rings. The molecule has 0 atom stereocenters. The standard InChI is InChI=1S/C16H16BrNO2/c1-12(18-19-2)15-10-14(8-9-16(15)17)20-11-13-6-4-3-5-7-13/h3-10H,11H2,1-2H3. The highest BCUT2D eigenvalue weighted by Crippen LogP contribution is 2.24. The SMILES string of the molecule is CON=C(C)c1cc(OCc2ccccc2)ccc1Br. The van der Waals surface area contributed by atoms with Gasteiger partial charge < -0.3 is 9.57 Å². The fourth-order valence-corrected chi connectivity index (χ4v) is 2.33. The molecule has 0 N–H and O–H groups in total. The number of hydrogen-bond acceptors (Lipinski definition) is 3.